The maximum Gasteiger partial charge on any atom is 0.410 e. The third-order valence-corrected chi connectivity index (χ3v) is 10.3. The molecular formula is C41H42N10O4. The zero-order chi connectivity index (χ0) is 37.9. The van der Waals surface area contributed by atoms with Gasteiger partial charge in [-0.3, -0.25) is 14.4 Å². The van der Waals surface area contributed by atoms with Crippen LogP contribution in [0.4, 0.5) is 31.7 Å². The number of nitrogens with zero attached hydrogens (tertiary/aromatic N) is 8. The number of piperazine rings is 1. The number of carbonyl (C=O) groups is 3. The number of likely N-dealkylation sites (N-methyl/N-ethyl adjacent to an activating group) is 1. The molecule has 5 amide bonds. The molecule has 2 aliphatic rings. The first kappa shape index (κ1) is 35.3. The Morgan fingerprint density at radius 2 is 1.73 bits per heavy atom. The fourth-order valence-electron chi connectivity index (χ4n) is 7.30. The Kier molecular flexibility index (Phi) is 9.86. The lowest BCUT2D eigenvalue weighted by Gasteiger charge is -2.43. The highest BCUT2D eigenvalue weighted by Gasteiger charge is 2.37. The van der Waals surface area contributed by atoms with Gasteiger partial charge in [0.25, 0.3) is 0 Å². The molecule has 280 valence electrons. The molecule has 0 saturated carbocycles. The van der Waals surface area contributed by atoms with Gasteiger partial charge >= 0.3 is 18.2 Å². The first-order chi connectivity index (χ1) is 26.9. The van der Waals surface area contributed by atoms with E-state index in [0.29, 0.717) is 37.9 Å². The van der Waals surface area contributed by atoms with E-state index in [9.17, 15) is 14.4 Å². The summed E-state index contributed by atoms with van der Waals surface area (Å²) in [5.41, 5.74) is 3.96. The van der Waals surface area contributed by atoms with Crippen molar-refractivity contribution in [3.8, 4) is 5.82 Å². The number of amides is 5. The number of aromatic nitrogens is 4. The second-order valence-corrected chi connectivity index (χ2v) is 13.7. The van der Waals surface area contributed by atoms with E-state index in [-0.39, 0.29) is 31.8 Å². The van der Waals surface area contributed by atoms with Gasteiger partial charge in [-0.2, -0.15) is 4.98 Å². The number of benzene rings is 4. The molecule has 2 fully saturated rings. The van der Waals surface area contributed by atoms with Crippen molar-refractivity contribution in [1.29, 1.82) is 0 Å². The molecular weight excluding hydrogens is 697 g/mol. The van der Waals surface area contributed by atoms with Gasteiger partial charge in [-0.25, -0.2) is 24.4 Å². The van der Waals surface area contributed by atoms with E-state index in [1.54, 1.807) is 33.3 Å². The Bertz CT molecular complexity index is 2350. The summed E-state index contributed by atoms with van der Waals surface area (Å²) in [6.45, 7) is 6.90. The van der Waals surface area contributed by atoms with Gasteiger partial charge in [0, 0.05) is 62.6 Å². The molecule has 2 N–H and O–H groups in total. The standard InChI is InChI=1S/C41H42N10O4/c1-3-47-20-22-49(40(47)53)31-16-17-35-34(24-31)43-27-51(35)37-18-19-42-38(46-37)44-28(2)36-25-48(21-23-50(36)41(54)55-26-29-10-5-4-6-11-29)39(52)45-33-15-9-13-30-12-7-8-14-32(30)33/h4-19,24,27-28,36H,3,20-23,25-26H2,1-2H3,(H,45,52)(H,42,44,46). The van der Waals surface area contributed by atoms with Crippen LogP contribution in [0.3, 0.4) is 0 Å². The number of ether oxygens (including phenoxy) is 1. The summed E-state index contributed by atoms with van der Waals surface area (Å²) < 4.78 is 7.65. The lowest BCUT2D eigenvalue weighted by atomic mass is 10.1. The number of carbonyl (C=O) groups excluding carboxylic acids is 3. The molecule has 0 radical (unpaired) electrons. The number of urea groups is 2. The molecule has 0 aliphatic carbocycles. The average Bonchev–Trinajstić information content (AvgIpc) is 3.83. The molecule has 2 unspecified atom stereocenters. The normalized spacial score (nSPS) is 16.5. The number of hydrogen-bond acceptors (Lipinski definition) is 8. The van der Waals surface area contributed by atoms with Gasteiger partial charge in [-0.1, -0.05) is 66.7 Å². The van der Waals surface area contributed by atoms with Gasteiger partial charge in [-0.05, 0) is 55.1 Å². The molecule has 6 aromatic rings. The van der Waals surface area contributed by atoms with Crippen LogP contribution in [0.5, 0.6) is 0 Å². The summed E-state index contributed by atoms with van der Waals surface area (Å²) in [6.07, 6.45) is 2.90. The Labute approximate surface area is 318 Å². The van der Waals surface area contributed by atoms with Crippen LogP contribution in [0.1, 0.15) is 19.4 Å². The van der Waals surface area contributed by atoms with Crippen LogP contribution in [0.25, 0.3) is 27.6 Å². The molecule has 4 aromatic carbocycles. The molecule has 8 rings (SSSR count). The van der Waals surface area contributed by atoms with E-state index in [1.165, 1.54) is 0 Å². The quantitative estimate of drug-likeness (QED) is 0.169. The van der Waals surface area contributed by atoms with Crippen LogP contribution in [0.2, 0.25) is 0 Å². The van der Waals surface area contributed by atoms with E-state index >= 15 is 0 Å². The number of nitrogens with one attached hydrogen (secondary N) is 2. The zero-order valence-corrected chi connectivity index (χ0v) is 30.7. The van der Waals surface area contributed by atoms with Gasteiger partial charge in [0.2, 0.25) is 5.95 Å². The fraction of sp³-hybridized carbons (Fsp3) is 0.268. The monoisotopic (exact) mass is 738 g/mol. The lowest BCUT2D eigenvalue weighted by molar-refractivity contribution is 0.0484. The van der Waals surface area contributed by atoms with Crippen molar-refractivity contribution in [2.75, 3.05) is 54.8 Å². The van der Waals surface area contributed by atoms with E-state index in [4.69, 9.17) is 9.72 Å². The zero-order valence-electron chi connectivity index (χ0n) is 30.7. The van der Waals surface area contributed by atoms with Crippen LogP contribution in [-0.4, -0.2) is 104 Å². The van der Waals surface area contributed by atoms with E-state index in [0.717, 1.165) is 38.7 Å². The van der Waals surface area contributed by atoms with Gasteiger partial charge in [0.05, 0.1) is 22.8 Å². The van der Waals surface area contributed by atoms with Gasteiger partial charge < -0.3 is 25.2 Å². The first-order valence-electron chi connectivity index (χ1n) is 18.5. The highest BCUT2D eigenvalue weighted by atomic mass is 16.6. The highest BCUT2D eigenvalue weighted by Crippen LogP contribution is 2.27. The van der Waals surface area contributed by atoms with Crippen LogP contribution >= 0.6 is 0 Å². The average molecular weight is 739 g/mol. The molecule has 55 heavy (non-hydrogen) atoms. The molecule has 0 bridgehead atoms. The van der Waals surface area contributed by atoms with Crippen molar-refractivity contribution in [3.63, 3.8) is 0 Å². The van der Waals surface area contributed by atoms with Crippen LogP contribution < -0.4 is 15.5 Å². The van der Waals surface area contributed by atoms with Gasteiger partial charge in [-0.15, -0.1) is 0 Å². The third kappa shape index (κ3) is 7.30. The van der Waals surface area contributed by atoms with Crippen molar-refractivity contribution in [2.24, 2.45) is 0 Å². The van der Waals surface area contributed by atoms with E-state index < -0.39 is 18.2 Å². The van der Waals surface area contributed by atoms with Crippen molar-refractivity contribution < 1.29 is 19.1 Å². The van der Waals surface area contributed by atoms with Crippen molar-refractivity contribution in [2.45, 2.75) is 32.5 Å². The number of anilines is 3. The minimum atomic E-state index is -0.480. The number of hydrogen-bond donors (Lipinski definition) is 2. The first-order valence-corrected chi connectivity index (χ1v) is 18.5. The Hall–Kier alpha value is -6.70. The Morgan fingerprint density at radius 1 is 0.909 bits per heavy atom. The minimum Gasteiger partial charge on any atom is -0.445 e. The molecule has 2 aliphatic heterocycles. The van der Waals surface area contributed by atoms with Crippen LogP contribution in [0.15, 0.2) is 110 Å². The van der Waals surface area contributed by atoms with E-state index in [1.807, 2.05) is 114 Å². The molecule has 14 heteroatoms. The van der Waals surface area contributed by atoms with Crippen LogP contribution in [0, 0.1) is 0 Å². The molecule has 14 nitrogen and oxygen atoms in total. The molecule has 0 spiro atoms. The Balaban J connectivity index is 1.01. The smallest absolute Gasteiger partial charge is 0.410 e. The minimum absolute atomic E-state index is 0.00327. The Morgan fingerprint density at radius 3 is 2.56 bits per heavy atom. The molecule has 2 aromatic heterocycles. The number of imidazole rings is 1. The maximum atomic E-state index is 13.8. The molecule has 2 atom stereocenters. The molecule has 2 saturated heterocycles. The summed E-state index contributed by atoms with van der Waals surface area (Å²) >= 11 is 0. The summed E-state index contributed by atoms with van der Waals surface area (Å²) in [5, 5.41) is 8.47. The third-order valence-electron chi connectivity index (χ3n) is 10.3. The van der Waals surface area contributed by atoms with Crippen LogP contribution in [-0.2, 0) is 11.3 Å². The van der Waals surface area contributed by atoms with Crippen molar-refractivity contribution in [3.05, 3.63) is 115 Å². The predicted octanol–water partition coefficient (Wildman–Crippen LogP) is 6.59. The van der Waals surface area contributed by atoms with Gasteiger partial charge in [0.1, 0.15) is 18.8 Å². The second-order valence-electron chi connectivity index (χ2n) is 13.7. The summed E-state index contributed by atoms with van der Waals surface area (Å²) in [7, 11) is 0. The van der Waals surface area contributed by atoms with Crippen molar-refractivity contribution in [1.82, 2.24) is 34.2 Å². The lowest BCUT2D eigenvalue weighted by Crippen LogP contribution is -2.61. The van der Waals surface area contributed by atoms with Gasteiger partial charge in [0.15, 0.2) is 0 Å². The number of fused-ring (bicyclic) bond motifs is 2. The SMILES string of the molecule is CCN1CCN(c2ccc3c(c2)ncn3-c2ccnc(NC(C)C3CN(C(=O)Nc4cccc5ccccc45)CCN3C(=O)OCc3ccccc3)n2)C1=O. The van der Waals surface area contributed by atoms with Crippen molar-refractivity contribution >= 4 is 57.3 Å². The molecule has 4 heterocycles. The second kappa shape index (κ2) is 15.3. The largest absolute Gasteiger partial charge is 0.445 e. The summed E-state index contributed by atoms with van der Waals surface area (Å²) in [4.78, 5) is 61.1. The van der Waals surface area contributed by atoms with E-state index in [2.05, 4.69) is 20.6 Å². The fourth-order valence-corrected chi connectivity index (χ4v) is 7.30. The highest BCUT2D eigenvalue weighted by molar-refractivity contribution is 6.01. The summed E-state index contributed by atoms with van der Waals surface area (Å²) in [6, 6.07) is 29.7. The topological polar surface area (TPSA) is 141 Å². The summed E-state index contributed by atoms with van der Waals surface area (Å²) in [5.74, 6) is 0.939. The maximum absolute atomic E-state index is 13.8. The predicted molar refractivity (Wildman–Crippen MR) is 211 cm³/mol. The number of rotatable bonds is 9.